The van der Waals surface area contributed by atoms with E-state index in [4.69, 9.17) is 5.73 Å². The minimum Gasteiger partial charge on any atom is -0.392 e. The van der Waals surface area contributed by atoms with Gasteiger partial charge in [-0.3, -0.25) is 0 Å². The first-order chi connectivity index (χ1) is 5.31. The maximum absolute atomic E-state index is 9.30. The highest BCUT2D eigenvalue weighted by Gasteiger charge is 2.00. The highest BCUT2D eigenvalue weighted by Crippen LogP contribution is 1.98. The molecule has 0 fully saturated rings. The second-order valence-corrected chi connectivity index (χ2v) is 2.79. The molecule has 0 heterocycles. The van der Waals surface area contributed by atoms with Crippen LogP contribution >= 0.6 is 0 Å². The molecule has 0 rings (SSSR count). The second-order valence-electron chi connectivity index (χ2n) is 2.79. The number of hydrogen-bond donors (Lipinski definition) is 3. The van der Waals surface area contributed by atoms with E-state index in [1.165, 1.54) is 0 Å². The molecule has 0 aromatic carbocycles. The van der Waals surface area contributed by atoms with Crippen molar-refractivity contribution in [3.8, 4) is 0 Å². The molecular formula is C8H20N2O. The summed E-state index contributed by atoms with van der Waals surface area (Å²) < 4.78 is 0. The minimum absolute atomic E-state index is 0.193. The molecule has 0 saturated heterocycles. The van der Waals surface area contributed by atoms with Crippen LogP contribution in [0.5, 0.6) is 0 Å². The maximum atomic E-state index is 9.30. The van der Waals surface area contributed by atoms with E-state index in [-0.39, 0.29) is 6.10 Å². The lowest BCUT2D eigenvalue weighted by Gasteiger charge is -2.09. The molecular weight excluding hydrogens is 140 g/mol. The minimum atomic E-state index is -0.193. The van der Waals surface area contributed by atoms with Crippen LogP contribution in [0, 0.1) is 0 Å². The summed E-state index contributed by atoms with van der Waals surface area (Å²) >= 11 is 0. The molecule has 68 valence electrons. The van der Waals surface area contributed by atoms with Crippen molar-refractivity contribution in [2.24, 2.45) is 5.73 Å². The number of nitrogens with one attached hydrogen (secondary N) is 1. The molecule has 0 spiro atoms. The Bertz CT molecular complexity index is 78.5. The van der Waals surface area contributed by atoms with Gasteiger partial charge in [0, 0.05) is 19.6 Å². The van der Waals surface area contributed by atoms with E-state index < -0.39 is 0 Å². The molecule has 0 saturated carbocycles. The molecule has 0 amide bonds. The Morgan fingerprint density at radius 1 is 1.55 bits per heavy atom. The van der Waals surface area contributed by atoms with E-state index in [9.17, 15) is 5.11 Å². The molecule has 11 heavy (non-hydrogen) atoms. The van der Waals surface area contributed by atoms with Gasteiger partial charge in [-0.05, 0) is 6.42 Å². The van der Waals surface area contributed by atoms with Crippen LogP contribution in [0.1, 0.15) is 26.2 Å². The van der Waals surface area contributed by atoms with Crippen LogP contribution in [-0.4, -0.2) is 30.8 Å². The van der Waals surface area contributed by atoms with Gasteiger partial charge < -0.3 is 16.2 Å². The van der Waals surface area contributed by atoms with Crippen LogP contribution in [0.3, 0.4) is 0 Å². The third-order valence-electron chi connectivity index (χ3n) is 1.59. The SMILES string of the molecule is CCCCC(O)CNCCN. The Morgan fingerprint density at radius 3 is 2.82 bits per heavy atom. The smallest absolute Gasteiger partial charge is 0.0664 e. The molecule has 3 nitrogen and oxygen atoms in total. The van der Waals surface area contributed by atoms with Gasteiger partial charge >= 0.3 is 0 Å². The Balaban J connectivity index is 3.02. The van der Waals surface area contributed by atoms with E-state index in [1.807, 2.05) is 0 Å². The molecule has 0 aromatic rings. The topological polar surface area (TPSA) is 58.3 Å². The lowest BCUT2D eigenvalue weighted by Crippen LogP contribution is -2.30. The van der Waals surface area contributed by atoms with Crippen LogP contribution in [0.4, 0.5) is 0 Å². The van der Waals surface area contributed by atoms with Crippen LogP contribution in [-0.2, 0) is 0 Å². The number of rotatable bonds is 7. The Morgan fingerprint density at radius 2 is 2.27 bits per heavy atom. The predicted molar refractivity (Wildman–Crippen MR) is 47.5 cm³/mol. The molecule has 0 aliphatic heterocycles. The van der Waals surface area contributed by atoms with Gasteiger partial charge in [0.05, 0.1) is 6.10 Å². The van der Waals surface area contributed by atoms with Gasteiger partial charge in [-0.1, -0.05) is 19.8 Å². The first-order valence-electron chi connectivity index (χ1n) is 4.40. The largest absolute Gasteiger partial charge is 0.392 e. The summed E-state index contributed by atoms with van der Waals surface area (Å²) in [6.45, 7) is 4.24. The molecule has 3 heteroatoms. The molecule has 0 aromatic heterocycles. The van der Waals surface area contributed by atoms with E-state index in [0.717, 1.165) is 25.8 Å². The van der Waals surface area contributed by atoms with Crippen molar-refractivity contribution in [2.45, 2.75) is 32.3 Å². The lowest BCUT2D eigenvalue weighted by molar-refractivity contribution is 0.159. The van der Waals surface area contributed by atoms with Crippen LogP contribution in [0.2, 0.25) is 0 Å². The van der Waals surface area contributed by atoms with Crippen LogP contribution < -0.4 is 11.1 Å². The van der Waals surface area contributed by atoms with Gasteiger partial charge in [0.25, 0.3) is 0 Å². The molecule has 1 unspecified atom stereocenters. The van der Waals surface area contributed by atoms with Crippen molar-refractivity contribution in [1.29, 1.82) is 0 Å². The number of unbranched alkanes of at least 4 members (excludes halogenated alkanes) is 1. The standard InChI is InChI=1S/C8H20N2O/c1-2-3-4-8(11)7-10-6-5-9/h8,10-11H,2-7,9H2,1H3. The first kappa shape index (κ1) is 10.9. The highest BCUT2D eigenvalue weighted by molar-refractivity contribution is 4.58. The van der Waals surface area contributed by atoms with Crippen molar-refractivity contribution in [3.63, 3.8) is 0 Å². The number of nitrogens with two attached hydrogens (primary N) is 1. The fourth-order valence-corrected chi connectivity index (χ4v) is 0.913. The second kappa shape index (κ2) is 7.98. The van der Waals surface area contributed by atoms with Crippen molar-refractivity contribution >= 4 is 0 Å². The Labute approximate surface area is 69.0 Å². The fraction of sp³-hybridized carbons (Fsp3) is 1.00. The fourth-order valence-electron chi connectivity index (χ4n) is 0.913. The summed E-state index contributed by atoms with van der Waals surface area (Å²) in [5.41, 5.74) is 5.27. The number of aliphatic hydroxyl groups excluding tert-OH is 1. The molecule has 4 N–H and O–H groups in total. The lowest BCUT2D eigenvalue weighted by atomic mass is 10.1. The van der Waals surface area contributed by atoms with Crippen molar-refractivity contribution in [2.75, 3.05) is 19.6 Å². The third-order valence-corrected chi connectivity index (χ3v) is 1.59. The van der Waals surface area contributed by atoms with Gasteiger partial charge in [-0.2, -0.15) is 0 Å². The highest BCUT2D eigenvalue weighted by atomic mass is 16.3. The van der Waals surface area contributed by atoms with Gasteiger partial charge in [0.1, 0.15) is 0 Å². The summed E-state index contributed by atoms with van der Waals surface area (Å²) in [4.78, 5) is 0. The zero-order valence-corrected chi connectivity index (χ0v) is 7.34. The van der Waals surface area contributed by atoms with E-state index in [0.29, 0.717) is 13.1 Å². The summed E-state index contributed by atoms with van der Waals surface area (Å²) in [5.74, 6) is 0. The van der Waals surface area contributed by atoms with Crippen LogP contribution in [0.15, 0.2) is 0 Å². The molecule has 1 atom stereocenters. The first-order valence-corrected chi connectivity index (χ1v) is 4.40. The van der Waals surface area contributed by atoms with E-state index in [2.05, 4.69) is 12.2 Å². The predicted octanol–water partition coefficient (Wildman–Crippen LogP) is 0.0858. The Kier molecular flexibility index (Phi) is 7.89. The van der Waals surface area contributed by atoms with Gasteiger partial charge in [-0.25, -0.2) is 0 Å². The third kappa shape index (κ3) is 7.78. The quantitative estimate of drug-likeness (QED) is 0.462. The van der Waals surface area contributed by atoms with Crippen LogP contribution in [0.25, 0.3) is 0 Å². The number of hydrogen-bond acceptors (Lipinski definition) is 3. The zero-order valence-electron chi connectivity index (χ0n) is 7.34. The van der Waals surface area contributed by atoms with Gasteiger partial charge in [0.2, 0.25) is 0 Å². The van der Waals surface area contributed by atoms with E-state index >= 15 is 0 Å². The van der Waals surface area contributed by atoms with Crippen molar-refractivity contribution < 1.29 is 5.11 Å². The summed E-state index contributed by atoms with van der Waals surface area (Å²) in [7, 11) is 0. The average Bonchev–Trinajstić information content (AvgIpc) is 2.01. The van der Waals surface area contributed by atoms with Crippen molar-refractivity contribution in [1.82, 2.24) is 5.32 Å². The van der Waals surface area contributed by atoms with Crippen molar-refractivity contribution in [3.05, 3.63) is 0 Å². The number of aliphatic hydroxyl groups is 1. The molecule has 0 aliphatic rings. The molecule has 0 radical (unpaired) electrons. The average molecular weight is 160 g/mol. The van der Waals surface area contributed by atoms with E-state index in [1.54, 1.807) is 0 Å². The normalized spacial score (nSPS) is 13.4. The summed E-state index contributed by atoms with van der Waals surface area (Å²) in [5, 5.41) is 12.4. The molecule has 0 bridgehead atoms. The molecule has 0 aliphatic carbocycles. The van der Waals surface area contributed by atoms with Gasteiger partial charge in [0.15, 0.2) is 0 Å². The van der Waals surface area contributed by atoms with Gasteiger partial charge in [-0.15, -0.1) is 0 Å². The maximum Gasteiger partial charge on any atom is 0.0664 e. The summed E-state index contributed by atoms with van der Waals surface area (Å²) in [6, 6.07) is 0. The summed E-state index contributed by atoms with van der Waals surface area (Å²) in [6.07, 6.45) is 2.95. The zero-order chi connectivity index (χ0) is 8.53. The monoisotopic (exact) mass is 160 g/mol. The Hall–Kier alpha value is -0.120.